The first kappa shape index (κ1) is 15.3. The Balaban J connectivity index is 2.16. The molecule has 110 valence electrons. The smallest absolute Gasteiger partial charge is 0.399 e. The zero-order valence-electron chi connectivity index (χ0n) is 13.6. The predicted octanol–water partition coefficient (Wildman–Crippen LogP) is 2.23. The minimum absolute atomic E-state index is 0.314. The van der Waals surface area contributed by atoms with Crippen molar-refractivity contribution in [2.24, 2.45) is 0 Å². The van der Waals surface area contributed by atoms with Crippen LogP contribution in [-0.4, -0.2) is 36.4 Å². The lowest BCUT2D eigenvalue weighted by molar-refractivity contribution is 0.00578. The Morgan fingerprint density at radius 2 is 1.65 bits per heavy atom. The van der Waals surface area contributed by atoms with Crippen LogP contribution in [0.1, 0.15) is 41.5 Å². The van der Waals surface area contributed by atoms with Crippen LogP contribution in [0.2, 0.25) is 0 Å². The highest BCUT2D eigenvalue weighted by Gasteiger charge is 2.51. The summed E-state index contributed by atoms with van der Waals surface area (Å²) < 4.78 is 12.0. The number of pyridine rings is 1. The first-order chi connectivity index (χ1) is 9.14. The lowest BCUT2D eigenvalue weighted by Crippen LogP contribution is -2.41. The summed E-state index contributed by atoms with van der Waals surface area (Å²) in [6.45, 7) is 12.5. The number of rotatable bonds is 3. The Morgan fingerprint density at radius 1 is 1.10 bits per heavy atom. The quantitative estimate of drug-likeness (QED) is 0.793. The van der Waals surface area contributed by atoms with Crippen LogP contribution in [0.25, 0.3) is 0 Å². The molecular formula is C15H25BN2O2. The van der Waals surface area contributed by atoms with Gasteiger partial charge in [0.25, 0.3) is 0 Å². The van der Waals surface area contributed by atoms with Gasteiger partial charge in [0.05, 0.1) is 11.2 Å². The molecule has 0 aromatic carbocycles. The summed E-state index contributed by atoms with van der Waals surface area (Å²) in [5, 5.41) is 0. The molecule has 0 amide bonds. The topological polar surface area (TPSA) is 34.6 Å². The minimum atomic E-state index is -0.342. The minimum Gasteiger partial charge on any atom is -0.399 e. The molecule has 1 aliphatic heterocycles. The van der Waals surface area contributed by atoms with E-state index in [0.29, 0.717) is 6.04 Å². The molecule has 1 saturated heterocycles. The number of aromatic nitrogens is 1. The highest BCUT2D eigenvalue weighted by molar-refractivity contribution is 6.62. The van der Waals surface area contributed by atoms with Crippen molar-refractivity contribution in [2.45, 2.75) is 58.8 Å². The lowest BCUT2D eigenvalue weighted by Gasteiger charge is -2.32. The molecule has 2 rings (SSSR count). The maximum absolute atomic E-state index is 6.02. The second kappa shape index (κ2) is 5.04. The largest absolute Gasteiger partial charge is 0.496 e. The van der Waals surface area contributed by atoms with Crippen LogP contribution < -0.4 is 10.4 Å². The van der Waals surface area contributed by atoms with Crippen molar-refractivity contribution >= 4 is 18.4 Å². The fraction of sp³-hybridized carbons (Fsp3) is 0.667. The van der Waals surface area contributed by atoms with Gasteiger partial charge in [0.2, 0.25) is 0 Å². The third kappa shape index (κ3) is 2.70. The standard InChI is InChI=1S/C15H25BN2O2/c1-11(2)18(7)13-9-8-12(10-17-13)16-19-14(3,4)15(5,6)20-16/h8-11H,1-7H3. The van der Waals surface area contributed by atoms with Crippen molar-refractivity contribution < 1.29 is 9.31 Å². The van der Waals surface area contributed by atoms with Gasteiger partial charge in [-0.25, -0.2) is 4.98 Å². The lowest BCUT2D eigenvalue weighted by atomic mass is 9.80. The number of nitrogens with zero attached hydrogens (tertiary/aromatic N) is 2. The van der Waals surface area contributed by atoms with Crippen LogP contribution in [0.4, 0.5) is 5.82 Å². The Morgan fingerprint density at radius 3 is 2.05 bits per heavy atom. The average Bonchev–Trinajstić information content (AvgIpc) is 2.57. The molecular weight excluding hydrogens is 251 g/mol. The second-order valence-electron chi connectivity index (χ2n) is 6.74. The van der Waals surface area contributed by atoms with Crippen LogP contribution in [0.3, 0.4) is 0 Å². The SMILES string of the molecule is CC(C)N(C)c1ccc(B2OC(C)(C)C(C)(C)O2)cn1. The molecule has 1 aliphatic rings. The zero-order chi connectivity index (χ0) is 15.1. The number of anilines is 1. The maximum atomic E-state index is 6.02. The summed E-state index contributed by atoms with van der Waals surface area (Å²) in [6.07, 6.45) is 1.84. The van der Waals surface area contributed by atoms with Gasteiger partial charge in [-0.3, -0.25) is 0 Å². The molecule has 0 atom stereocenters. The average molecular weight is 276 g/mol. The van der Waals surface area contributed by atoms with Gasteiger partial charge >= 0.3 is 7.12 Å². The van der Waals surface area contributed by atoms with E-state index in [1.54, 1.807) is 0 Å². The summed E-state index contributed by atoms with van der Waals surface area (Å²) >= 11 is 0. The van der Waals surface area contributed by atoms with Gasteiger partial charge in [-0.05, 0) is 47.6 Å². The molecule has 20 heavy (non-hydrogen) atoms. The van der Waals surface area contributed by atoms with Gasteiger partial charge in [-0.1, -0.05) is 6.07 Å². The van der Waals surface area contributed by atoms with Gasteiger partial charge in [-0.15, -0.1) is 0 Å². The Labute approximate surface area is 122 Å². The molecule has 1 fully saturated rings. The Bertz CT molecular complexity index is 455. The van der Waals surface area contributed by atoms with Gasteiger partial charge in [0.15, 0.2) is 0 Å². The molecule has 0 spiro atoms. The van der Waals surface area contributed by atoms with E-state index in [9.17, 15) is 0 Å². The molecule has 1 aromatic rings. The van der Waals surface area contributed by atoms with E-state index in [2.05, 4.69) is 51.4 Å². The molecule has 0 saturated carbocycles. The summed E-state index contributed by atoms with van der Waals surface area (Å²) in [6, 6.07) is 4.47. The van der Waals surface area contributed by atoms with Crippen molar-refractivity contribution in [1.29, 1.82) is 0 Å². The fourth-order valence-corrected chi connectivity index (χ4v) is 1.99. The summed E-state index contributed by atoms with van der Waals surface area (Å²) in [4.78, 5) is 6.64. The van der Waals surface area contributed by atoms with E-state index < -0.39 is 0 Å². The van der Waals surface area contributed by atoms with E-state index in [-0.39, 0.29) is 18.3 Å². The van der Waals surface area contributed by atoms with E-state index >= 15 is 0 Å². The molecule has 0 aliphatic carbocycles. The molecule has 0 bridgehead atoms. The molecule has 5 heteroatoms. The van der Waals surface area contributed by atoms with Crippen molar-refractivity contribution in [3.05, 3.63) is 18.3 Å². The number of hydrogen-bond acceptors (Lipinski definition) is 4. The zero-order valence-corrected chi connectivity index (χ0v) is 13.6. The highest BCUT2D eigenvalue weighted by Crippen LogP contribution is 2.36. The molecule has 1 aromatic heterocycles. The van der Waals surface area contributed by atoms with Crippen LogP contribution in [0, 0.1) is 0 Å². The molecule has 0 radical (unpaired) electrons. The fourth-order valence-electron chi connectivity index (χ4n) is 1.99. The van der Waals surface area contributed by atoms with Gasteiger partial charge in [-0.2, -0.15) is 0 Å². The molecule has 0 unspecified atom stereocenters. The highest BCUT2D eigenvalue weighted by atomic mass is 16.7. The van der Waals surface area contributed by atoms with Gasteiger partial charge < -0.3 is 14.2 Å². The molecule has 2 heterocycles. The van der Waals surface area contributed by atoms with E-state index in [1.165, 1.54) is 0 Å². The molecule has 4 nitrogen and oxygen atoms in total. The summed E-state index contributed by atoms with van der Waals surface area (Å²) in [5.74, 6) is 0.959. The Hall–Kier alpha value is -1.07. The van der Waals surface area contributed by atoms with Crippen LogP contribution in [0.5, 0.6) is 0 Å². The second-order valence-corrected chi connectivity index (χ2v) is 6.74. The third-order valence-electron chi connectivity index (χ3n) is 4.43. The van der Waals surface area contributed by atoms with Crippen molar-refractivity contribution in [2.75, 3.05) is 11.9 Å². The predicted molar refractivity (Wildman–Crippen MR) is 83.5 cm³/mol. The van der Waals surface area contributed by atoms with E-state index in [0.717, 1.165) is 11.3 Å². The van der Waals surface area contributed by atoms with Gasteiger partial charge in [0, 0.05) is 24.7 Å². The van der Waals surface area contributed by atoms with E-state index in [4.69, 9.17) is 9.31 Å². The van der Waals surface area contributed by atoms with Crippen molar-refractivity contribution in [1.82, 2.24) is 4.98 Å². The monoisotopic (exact) mass is 276 g/mol. The summed E-state index contributed by atoms with van der Waals surface area (Å²) in [5.41, 5.74) is 0.334. The van der Waals surface area contributed by atoms with E-state index in [1.807, 2.05) is 25.4 Å². The van der Waals surface area contributed by atoms with Crippen LogP contribution in [0.15, 0.2) is 18.3 Å². The first-order valence-electron chi connectivity index (χ1n) is 7.18. The Kier molecular flexibility index (Phi) is 3.86. The van der Waals surface area contributed by atoms with Crippen molar-refractivity contribution in [3.8, 4) is 0 Å². The normalized spacial score (nSPS) is 20.5. The maximum Gasteiger partial charge on any atom is 0.496 e. The van der Waals surface area contributed by atoms with Crippen LogP contribution in [-0.2, 0) is 9.31 Å². The van der Waals surface area contributed by atoms with Gasteiger partial charge in [0.1, 0.15) is 5.82 Å². The van der Waals surface area contributed by atoms with Crippen LogP contribution >= 0.6 is 0 Å². The van der Waals surface area contributed by atoms with Crippen molar-refractivity contribution in [3.63, 3.8) is 0 Å². The molecule has 0 N–H and O–H groups in total. The number of hydrogen-bond donors (Lipinski definition) is 0. The third-order valence-corrected chi connectivity index (χ3v) is 4.43. The summed E-state index contributed by atoms with van der Waals surface area (Å²) in [7, 11) is 1.70. The first-order valence-corrected chi connectivity index (χ1v) is 7.18.